The number of fused-ring (bicyclic) bond motifs is 2. The number of amides is 1. The van der Waals surface area contributed by atoms with Gasteiger partial charge in [0.25, 0.3) is 11.5 Å². The van der Waals surface area contributed by atoms with Crippen molar-refractivity contribution in [3.63, 3.8) is 0 Å². The first kappa shape index (κ1) is 25.5. The second-order valence-corrected chi connectivity index (χ2v) is 9.38. The van der Waals surface area contributed by atoms with Gasteiger partial charge in [0.2, 0.25) is 0 Å². The van der Waals surface area contributed by atoms with Crippen molar-refractivity contribution in [1.29, 1.82) is 0 Å². The van der Waals surface area contributed by atoms with Crippen LogP contribution >= 0.6 is 0 Å². The molecular formula is C30H25N9O2. The van der Waals surface area contributed by atoms with Crippen LogP contribution in [-0.4, -0.2) is 39.8 Å². The Morgan fingerprint density at radius 2 is 1.93 bits per heavy atom. The molecule has 41 heavy (non-hydrogen) atoms. The Labute approximate surface area is 234 Å². The third kappa shape index (κ3) is 4.68. The maximum Gasteiger partial charge on any atom is 0.267 e. The Morgan fingerprint density at radius 3 is 2.68 bits per heavy atom. The molecule has 0 aliphatic carbocycles. The number of nitrogens with zero attached hydrogens (tertiary/aromatic N) is 7. The highest BCUT2D eigenvalue weighted by Crippen LogP contribution is 2.24. The van der Waals surface area contributed by atoms with Gasteiger partial charge >= 0.3 is 0 Å². The fourth-order valence-electron chi connectivity index (χ4n) is 4.74. The highest BCUT2D eigenvalue weighted by Gasteiger charge is 2.26. The lowest BCUT2D eigenvalue weighted by Crippen LogP contribution is -2.34. The second kappa shape index (κ2) is 10.4. The number of para-hydroxylation sites is 1. The van der Waals surface area contributed by atoms with Crippen molar-refractivity contribution in [1.82, 2.24) is 39.2 Å². The van der Waals surface area contributed by atoms with E-state index in [0.29, 0.717) is 40.0 Å². The number of hydrogen-bond acceptors (Lipinski definition) is 7. The normalized spacial score (nSPS) is 11.8. The lowest BCUT2D eigenvalue weighted by Gasteiger charge is -2.22. The van der Waals surface area contributed by atoms with Crippen LogP contribution in [0.3, 0.4) is 0 Å². The van der Waals surface area contributed by atoms with E-state index in [9.17, 15) is 9.59 Å². The number of aryl methyl sites for hydroxylation is 1. The van der Waals surface area contributed by atoms with E-state index < -0.39 is 11.9 Å². The summed E-state index contributed by atoms with van der Waals surface area (Å²) < 4.78 is 4.65. The number of carbonyl (C=O) groups is 1. The van der Waals surface area contributed by atoms with Crippen LogP contribution in [-0.2, 0) is 7.05 Å². The predicted octanol–water partition coefficient (Wildman–Crippen LogP) is 3.03. The molecule has 0 aliphatic rings. The average molecular weight is 544 g/mol. The van der Waals surface area contributed by atoms with Gasteiger partial charge in [-0.05, 0) is 36.8 Å². The topological polar surface area (TPSA) is 138 Å². The molecule has 0 fully saturated rings. The van der Waals surface area contributed by atoms with Crippen molar-refractivity contribution in [2.45, 2.75) is 19.4 Å². The molecule has 1 atom stereocenters. The number of nitrogens with two attached hydrogens (primary N) is 1. The van der Waals surface area contributed by atoms with Crippen molar-refractivity contribution in [3.05, 3.63) is 112 Å². The smallest absolute Gasteiger partial charge is 0.267 e. The highest BCUT2D eigenvalue weighted by molar-refractivity contribution is 6.04. The molecule has 4 heterocycles. The summed E-state index contributed by atoms with van der Waals surface area (Å²) in [6.45, 7) is 1.91. The molecule has 6 aromatic rings. The predicted molar refractivity (Wildman–Crippen MR) is 154 cm³/mol. The number of nitrogen functional groups attached to an aromatic ring is 1. The van der Waals surface area contributed by atoms with E-state index in [0.717, 1.165) is 5.56 Å². The van der Waals surface area contributed by atoms with Crippen molar-refractivity contribution in [2.75, 3.05) is 5.73 Å². The number of nitrogens with one attached hydrogen (secondary N) is 1. The SMILES string of the molecule is CC[C@H](NC(=O)c1c(N)nn2cccnc12)c1nc2cccc(C#Cc3cnn(C)c3)c2c(=O)n1-c1ccccc1. The second-order valence-electron chi connectivity index (χ2n) is 9.38. The first-order valence-corrected chi connectivity index (χ1v) is 13.0. The largest absolute Gasteiger partial charge is 0.381 e. The van der Waals surface area contributed by atoms with E-state index in [1.807, 2.05) is 50.4 Å². The summed E-state index contributed by atoms with van der Waals surface area (Å²) in [4.78, 5) is 37.0. The Morgan fingerprint density at radius 1 is 1.10 bits per heavy atom. The van der Waals surface area contributed by atoms with Crippen molar-refractivity contribution < 1.29 is 4.79 Å². The van der Waals surface area contributed by atoms with Gasteiger partial charge in [-0.3, -0.25) is 18.8 Å². The standard InChI is InChI=1S/C30H25N9O2/c1-3-22(35-29(40)25-26(31)36-38-16-8-15-32-28(25)38)27-34-23-12-7-9-20(14-13-19-17-33-37(2)18-19)24(23)30(41)39(27)21-10-5-4-6-11-21/h4-12,15-18,22H,3H2,1-2H3,(H2,31,36)(H,35,40)/t22-/m0/s1. The van der Waals surface area contributed by atoms with Crippen LogP contribution in [0.15, 0.2) is 84.2 Å². The summed E-state index contributed by atoms with van der Waals surface area (Å²) in [5, 5.41) is 11.7. The summed E-state index contributed by atoms with van der Waals surface area (Å²) in [7, 11) is 1.82. The van der Waals surface area contributed by atoms with E-state index in [-0.39, 0.29) is 16.9 Å². The van der Waals surface area contributed by atoms with Crippen LogP contribution in [0.25, 0.3) is 22.2 Å². The molecule has 202 valence electrons. The Kier molecular flexibility index (Phi) is 6.49. The fraction of sp³-hybridized carbons (Fsp3) is 0.133. The number of hydrogen-bond donors (Lipinski definition) is 2. The third-order valence-electron chi connectivity index (χ3n) is 6.66. The van der Waals surface area contributed by atoms with Gasteiger partial charge in [-0.2, -0.15) is 5.10 Å². The van der Waals surface area contributed by atoms with Crippen LogP contribution < -0.4 is 16.6 Å². The number of carbonyl (C=O) groups excluding carboxylic acids is 1. The van der Waals surface area contributed by atoms with Crippen molar-refractivity contribution >= 4 is 28.3 Å². The van der Waals surface area contributed by atoms with E-state index in [4.69, 9.17) is 10.7 Å². The zero-order chi connectivity index (χ0) is 28.5. The molecule has 0 saturated heterocycles. The minimum Gasteiger partial charge on any atom is -0.381 e. The molecule has 11 heteroatoms. The highest BCUT2D eigenvalue weighted by atomic mass is 16.2. The lowest BCUT2D eigenvalue weighted by atomic mass is 10.1. The average Bonchev–Trinajstić information content (AvgIpc) is 3.56. The molecule has 1 amide bonds. The van der Waals surface area contributed by atoms with Gasteiger partial charge < -0.3 is 11.1 Å². The van der Waals surface area contributed by atoms with Gasteiger partial charge in [0.1, 0.15) is 11.4 Å². The van der Waals surface area contributed by atoms with Crippen molar-refractivity contribution in [3.8, 4) is 17.5 Å². The molecule has 0 saturated carbocycles. The van der Waals surface area contributed by atoms with Gasteiger partial charge in [-0.25, -0.2) is 14.5 Å². The summed E-state index contributed by atoms with van der Waals surface area (Å²) in [6, 6.07) is 15.6. The Hall–Kier alpha value is -5.76. The van der Waals surface area contributed by atoms with Crippen LogP contribution in [0.2, 0.25) is 0 Å². The summed E-state index contributed by atoms with van der Waals surface area (Å²) >= 11 is 0. The number of benzene rings is 2. The molecular weight excluding hydrogens is 518 g/mol. The molecule has 0 bridgehead atoms. The number of anilines is 1. The summed E-state index contributed by atoms with van der Waals surface area (Å²) in [6.07, 6.45) is 7.15. The monoisotopic (exact) mass is 543 g/mol. The molecule has 2 aromatic carbocycles. The van der Waals surface area contributed by atoms with Gasteiger partial charge in [-0.15, -0.1) is 5.10 Å². The number of aromatic nitrogens is 7. The van der Waals surface area contributed by atoms with Crippen LogP contribution in [0.1, 0.15) is 46.7 Å². The van der Waals surface area contributed by atoms with E-state index >= 15 is 0 Å². The third-order valence-corrected chi connectivity index (χ3v) is 6.66. The molecule has 6 rings (SSSR count). The minimum absolute atomic E-state index is 0.0554. The summed E-state index contributed by atoms with van der Waals surface area (Å²) in [5.41, 5.74) is 8.65. The fourth-order valence-corrected chi connectivity index (χ4v) is 4.74. The van der Waals surface area contributed by atoms with Gasteiger partial charge in [0.15, 0.2) is 11.5 Å². The quantitative estimate of drug-likeness (QED) is 0.319. The van der Waals surface area contributed by atoms with E-state index in [2.05, 4.69) is 32.3 Å². The van der Waals surface area contributed by atoms with Crippen molar-refractivity contribution in [2.24, 2.45) is 7.05 Å². The lowest BCUT2D eigenvalue weighted by molar-refractivity contribution is 0.0935. The Bertz CT molecular complexity index is 2050. The summed E-state index contributed by atoms with van der Waals surface area (Å²) in [5.74, 6) is 6.17. The maximum atomic E-state index is 14.2. The maximum absolute atomic E-state index is 14.2. The van der Waals surface area contributed by atoms with Gasteiger partial charge in [0, 0.05) is 31.2 Å². The van der Waals surface area contributed by atoms with Crippen LogP contribution in [0, 0.1) is 11.8 Å². The zero-order valence-electron chi connectivity index (χ0n) is 22.3. The Balaban J connectivity index is 1.50. The van der Waals surface area contributed by atoms with Crippen LogP contribution in [0.4, 0.5) is 5.82 Å². The molecule has 0 unspecified atom stereocenters. The molecule has 4 aromatic heterocycles. The molecule has 0 radical (unpaired) electrons. The first-order chi connectivity index (χ1) is 19.9. The molecule has 0 aliphatic heterocycles. The molecule has 3 N–H and O–H groups in total. The minimum atomic E-state index is -0.636. The van der Waals surface area contributed by atoms with Gasteiger partial charge in [0.05, 0.1) is 34.4 Å². The van der Waals surface area contributed by atoms with Gasteiger partial charge in [-0.1, -0.05) is 43.0 Å². The van der Waals surface area contributed by atoms with E-state index in [1.54, 1.807) is 47.7 Å². The number of rotatable bonds is 5. The van der Waals surface area contributed by atoms with E-state index in [1.165, 1.54) is 9.08 Å². The zero-order valence-corrected chi connectivity index (χ0v) is 22.3. The van der Waals surface area contributed by atoms with Crippen LogP contribution in [0.5, 0.6) is 0 Å². The molecule has 11 nitrogen and oxygen atoms in total. The first-order valence-electron chi connectivity index (χ1n) is 13.0. The molecule has 0 spiro atoms.